The number of aryl methyl sites for hydroxylation is 1. The van der Waals surface area contributed by atoms with Crippen LogP contribution >= 0.6 is 11.3 Å². The monoisotopic (exact) mass is 508 g/mol. The number of imidazole rings is 1. The maximum absolute atomic E-state index is 13.4. The molecule has 3 N–H and O–H groups in total. The fraction of sp³-hybridized carbons (Fsp3) is 0.200. The number of H-pyrrole nitrogens is 1. The molecule has 186 valence electrons. The van der Waals surface area contributed by atoms with Gasteiger partial charge in [-0.05, 0) is 36.2 Å². The Morgan fingerprint density at radius 3 is 2.61 bits per heavy atom. The van der Waals surface area contributed by atoms with Gasteiger partial charge in [-0.15, -0.1) is 11.3 Å². The summed E-state index contributed by atoms with van der Waals surface area (Å²) < 4.78 is 11.0. The van der Waals surface area contributed by atoms with Crippen LogP contribution in [0.3, 0.4) is 0 Å². The van der Waals surface area contributed by atoms with E-state index >= 15 is 0 Å². The largest absolute Gasteiger partial charge is 0.496 e. The predicted molar refractivity (Wildman–Crippen MR) is 135 cm³/mol. The lowest BCUT2D eigenvalue weighted by atomic mass is 10.0. The first-order chi connectivity index (χ1) is 17.3. The summed E-state index contributed by atoms with van der Waals surface area (Å²) in [5, 5.41) is 15.4. The lowest BCUT2D eigenvalue weighted by Crippen LogP contribution is -2.33. The number of aromatic hydroxyl groups is 1. The van der Waals surface area contributed by atoms with Crippen LogP contribution < -0.4 is 15.7 Å². The van der Waals surface area contributed by atoms with Gasteiger partial charge in [-0.2, -0.15) is 0 Å². The fourth-order valence-electron chi connectivity index (χ4n) is 3.82. The Bertz CT molecular complexity index is 1460. The standard InChI is InChI=1S/C25H24N4O6S/c1-14-11-16(9-10-19(14)34-2)20-22(31)29(25(33)27-20)18(12-15-7-5-4-6-8-15)21(30)28-24-26-17(13-36-24)23(32)35-3/h4-11,13,18,31H,12H2,1-3H3,(H,27,33)(H,26,28,30)/t18-/m0/s1. The molecule has 11 heteroatoms. The van der Waals surface area contributed by atoms with Gasteiger partial charge in [0, 0.05) is 17.4 Å². The summed E-state index contributed by atoms with van der Waals surface area (Å²) in [5.74, 6) is -0.934. The number of hydrogen-bond acceptors (Lipinski definition) is 8. The number of rotatable bonds is 8. The van der Waals surface area contributed by atoms with Gasteiger partial charge in [-0.1, -0.05) is 30.3 Å². The number of esters is 1. The summed E-state index contributed by atoms with van der Waals surface area (Å²) in [6.07, 6.45) is 0.119. The molecule has 4 aromatic rings. The summed E-state index contributed by atoms with van der Waals surface area (Å²) in [4.78, 5) is 44.9. The molecule has 2 heterocycles. The zero-order valence-electron chi connectivity index (χ0n) is 19.8. The summed E-state index contributed by atoms with van der Waals surface area (Å²) >= 11 is 1.04. The van der Waals surface area contributed by atoms with Gasteiger partial charge in [0.05, 0.1) is 14.2 Å². The summed E-state index contributed by atoms with van der Waals surface area (Å²) in [5.41, 5.74) is 1.73. The van der Waals surface area contributed by atoms with E-state index in [1.807, 2.05) is 37.3 Å². The Hall–Kier alpha value is -4.38. The van der Waals surface area contributed by atoms with Crippen molar-refractivity contribution in [3.63, 3.8) is 0 Å². The molecule has 2 aromatic carbocycles. The van der Waals surface area contributed by atoms with E-state index < -0.39 is 23.6 Å². The number of hydrogen-bond donors (Lipinski definition) is 3. The van der Waals surface area contributed by atoms with Gasteiger partial charge >= 0.3 is 11.7 Å². The van der Waals surface area contributed by atoms with Crippen molar-refractivity contribution in [3.8, 4) is 22.9 Å². The lowest BCUT2D eigenvalue weighted by molar-refractivity contribution is -0.119. The molecule has 0 unspecified atom stereocenters. The molecule has 0 radical (unpaired) electrons. The normalized spacial score (nSPS) is 11.6. The Balaban J connectivity index is 1.72. The first-order valence-corrected chi connectivity index (χ1v) is 11.8. The highest BCUT2D eigenvalue weighted by Gasteiger charge is 2.29. The highest BCUT2D eigenvalue weighted by atomic mass is 32.1. The SMILES string of the molecule is COC(=O)c1csc(NC(=O)[C@H](Cc2ccccc2)n2c(O)c(-c3ccc(OC)c(C)c3)[nH]c2=O)n1. The van der Waals surface area contributed by atoms with Crippen molar-refractivity contribution in [2.45, 2.75) is 19.4 Å². The average molecular weight is 509 g/mol. The fourth-order valence-corrected chi connectivity index (χ4v) is 4.50. The van der Waals surface area contributed by atoms with Crippen molar-refractivity contribution in [2.75, 3.05) is 19.5 Å². The van der Waals surface area contributed by atoms with Crippen LogP contribution in [0, 0.1) is 6.92 Å². The Labute approximate surface area is 210 Å². The number of ether oxygens (including phenoxy) is 2. The van der Waals surface area contributed by atoms with E-state index in [-0.39, 0.29) is 28.8 Å². The van der Waals surface area contributed by atoms with Gasteiger partial charge in [0.15, 0.2) is 10.8 Å². The highest BCUT2D eigenvalue weighted by Crippen LogP contribution is 2.32. The second-order valence-corrected chi connectivity index (χ2v) is 8.77. The third-order valence-electron chi connectivity index (χ3n) is 5.60. The second-order valence-electron chi connectivity index (χ2n) is 7.91. The minimum atomic E-state index is -1.12. The van der Waals surface area contributed by atoms with E-state index in [1.165, 1.54) is 12.5 Å². The van der Waals surface area contributed by atoms with Crippen molar-refractivity contribution in [1.82, 2.24) is 14.5 Å². The Morgan fingerprint density at radius 1 is 1.19 bits per heavy atom. The third kappa shape index (κ3) is 5.01. The van der Waals surface area contributed by atoms with Gasteiger partial charge in [-0.25, -0.2) is 19.1 Å². The average Bonchev–Trinajstić information content (AvgIpc) is 3.46. The number of amides is 1. The van der Waals surface area contributed by atoms with Gasteiger partial charge in [-0.3, -0.25) is 4.79 Å². The number of aromatic amines is 1. The molecule has 0 aliphatic carbocycles. The number of aromatic nitrogens is 3. The molecule has 1 atom stereocenters. The maximum Gasteiger partial charge on any atom is 0.357 e. The first kappa shape index (κ1) is 24.7. The first-order valence-electron chi connectivity index (χ1n) is 10.9. The molecule has 0 aliphatic heterocycles. The number of nitrogens with one attached hydrogen (secondary N) is 2. The zero-order chi connectivity index (χ0) is 25.8. The van der Waals surface area contributed by atoms with Crippen LogP contribution in [0.5, 0.6) is 11.6 Å². The lowest BCUT2D eigenvalue weighted by Gasteiger charge is -2.18. The van der Waals surface area contributed by atoms with Crippen molar-refractivity contribution >= 4 is 28.3 Å². The molecule has 0 aliphatic rings. The van der Waals surface area contributed by atoms with Crippen LogP contribution in [0.4, 0.5) is 5.13 Å². The van der Waals surface area contributed by atoms with Crippen LogP contribution in [0.25, 0.3) is 11.3 Å². The van der Waals surface area contributed by atoms with E-state index in [2.05, 4.69) is 20.0 Å². The van der Waals surface area contributed by atoms with E-state index in [9.17, 15) is 19.5 Å². The Morgan fingerprint density at radius 2 is 1.94 bits per heavy atom. The molecule has 4 rings (SSSR count). The Kier molecular flexibility index (Phi) is 7.20. The molecular weight excluding hydrogens is 484 g/mol. The topological polar surface area (TPSA) is 136 Å². The van der Waals surface area contributed by atoms with E-state index in [4.69, 9.17) is 4.74 Å². The molecule has 0 bridgehead atoms. The molecule has 1 amide bonds. The van der Waals surface area contributed by atoms with Crippen LogP contribution in [0.15, 0.2) is 58.7 Å². The minimum absolute atomic E-state index is 0.0521. The zero-order valence-corrected chi connectivity index (χ0v) is 20.6. The van der Waals surface area contributed by atoms with Crippen molar-refractivity contribution in [2.24, 2.45) is 0 Å². The van der Waals surface area contributed by atoms with Crippen LogP contribution in [-0.2, 0) is 16.0 Å². The minimum Gasteiger partial charge on any atom is -0.496 e. The number of anilines is 1. The molecule has 36 heavy (non-hydrogen) atoms. The molecule has 0 saturated carbocycles. The van der Waals surface area contributed by atoms with Gasteiger partial charge in [0.2, 0.25) is 11.8 Å². The summed E-state index contributed by atoms with van der Waals surface area (Å²) in [6, 6.07) is 13.2. The molecule has 0 fully saturated rings. The second kappa shape index (κ2) is 10.5. The molecule has 2 aromatic heterocycles. The number of benzene rings is 2. The van der Waals surface area contributed by atoms with Gasteiger partial charge < -0.3 is 24.9 Å². The predicted octanol–water partition coefficient (Wildman–Crippen LogP) is 3.53. The molecule has 0 spiro atoms. The quantitative estimate of drug-likeness (QED) is 0.310. The number of thiazole rings is 1. The molecule has 0 saturated heterocycles. The third-order valence-corrected chi connectivity index (χ3v) is 6.36. The summed E-state index contributed by atoms with van der Waals surface area (Å²) in [6.45, 7) is 1.84. The maximum atomic E-state index is 13.4. The van der Waals surface area contributed by atoms with Crippen LogP contribution in [0.1, 0.15) is 27.7 Å². The number of methoxy groups -OCH3 is 2. The number of carbonyl (C=O) groups excluding carboxylic acids is 2. The van der Waals surface area contributed by atoms with E-state index in [0.29, 0.717) is 11.3 Å². The smallest absolute Gasteiger partial charge is 0.357 e. The summed E-state index contributed by atoms with van der Waals surface area (Å²) in [7, 11) is 2.79. The van der Waals surface area contributed by atoms with Crippen molar-refractivity contribution in [3.05, 3.63) is 81.2 Å². The van der Waals surface area contributed by atoms with Crippen LogP contribution in [0.2, 0.25) is 0 Å². The van der Waals surface area contributed by atoms with E-state index in [1.54, 1.807) is 25.3 Å². The van der Waals surface area contributed by atoms with Crippen LogP contribution in [-0.4, -0.2) is 45.7 Å². The number of carbonyl (C=O) groups is 2. The van der Waals surface area contributed by atoms with Gasteiger partial charge in [0.1, 0.15) is 17.5 Å². The van der Waals surface area contributed by atoms with Crippen molar-refractivity contribution < 1.29 is 24.2 Å². The molecular formula is C25H24N4O6S. The number of nitrogens with zero attached hydrogens (tertiary/aromatic N) is 2. The van der Waals surface area contributed by atoms with E-state index in [0.717, 1.165) is 27.0 Å². The van der Waals surface area contributed by atoms with Crippen molar-refractivity contribution in [1.29, 1.82) is 0 Å². The highest BCUT2D eigenvalue weighted by molar-refractivity contribution is 7.14. The van der Waals surface area contributed by atoms with Gasteiger partial charge in [0.25, 0.3) is 0 Å². The molecule has 10 nitrogen and oxygen atoms in total.